The van der Waals surface area contributed by atoms with Gasteiger partial charge < -0.3 is 26.5 Å². The first-order valence-electron chi connectivity index (χ1n) is 5.86. The molecule has 0 spiro atoms. The van der Waals surface area contributed by atoms with Crippen LogP contribution in [0.25, 0.3) is 0 Å². The molecule has 0 saturated carbocycles. The van der Waals surface area contributed by atoms with Crippen molar-refractivity contribution in [1.29, 1.82) is 0 Å². The molecular formula is C11H20N4O4. The molecule has 0 aliphatic rings. The van der Waals surface area contributed by atoms with Gasteiger partial charge in [-0.2, -0.15) is 0 Å². The van der Waals surface area contributed by atoms with Crippen molar-refractivity contribution in [3.8, 4) is 0 Å². The summed E-state index contributed by atoms with van der Waals surface area (Å²) in [6, 6.07) is -2.13. The first-order chi connectivity index (χ1) is 8.77. The fraction of sp³-hybridized carbons (Fsp3) is 0.636. The third kappa shape index (κ3) is 7.14. The van der Waals surface area contributed by atoms with Crippen LogP contribution in [0, 0.1) is 0 Å². The number of amides is 3. The summed E-state index contributed by atoms with van der Waals surface area (Å²) in [5, 5.41) is 7.08. The zero-order valence-corrected chi connectivity index (χ0v) is 11.2. The van der Waals surface area contributed by atoms with Gasteiger partial charge >= 0.3 is 0 Å². The van der Waals surface area contributed by atoms with Crippen LogP contribution >= 0.6 is 0 Å². The second-order valence-electron chi connectivity index (χ2n) is 4.23. The highest BCUT2D eigenvalue weighted by atomic mass is 16.2. The predicted octanol–water partition coefficient (Wildman–Crippen LogP) is -2.34. The Labute approximate surface area is 111 Å². The van der Waals surface area contributed by atoms with E-state index in [0.29, 0.717) is 6.29 Å². The Morgan fingerprint density at radius 2 is 1.68 bits per heavy atom. The quantitative estimate of drug-likeness (QED) is 0.386. The topological polar surface area (TPSA) is 130 Å². The predicted molar refractivity (Wildman–Crippen MR) is 67.9 cm³/mol. The largest absolute Gasteiger partial charge is 0.346 e. The van der Waals surface area contributed by atoms with E-state index < -0.39 is 35.8 Å². The third-order valence-corrected chi connectivity index (χ3v) is 2.18. The smallest absolute Gasteiger partial charge is 0.242 e. The van der Waals surface area contributed by atoms with E-state index in [2.05, 4.69) is 16.0 Å². The van der Waals surface area contributed by atoms with Crippen molar-refractivity contribution in [2.45, 2.75) is 38.9 Å². The molecule has 19 heavy (non-hydrogen) atoms. The molecule has 3 amide bonds. The van der Waals surface area contributed by atoms with Crippen molar-refractivity contribution in [1.82, 2.24) is 16.0 Å². The number of nitrogens with two attached hydrogens (primary N) is 1. The number of hydrogen-bond donors (Lipinski definition) is 4. The van der Waals surface area contributed by atoms with Crippen LogP contribution in [0.3, 0.4) is 0 Å². The molecule has 0 radical (unpaired) electrons. The monoisotopic (exact) mass is 272 g/mol. The molecule has 3 atom stereocenters. The van der Waals surface area contributed by atoms with Gasteiger partial charge in [0.15, 0.2) is 0 Å². The van der Waals surface area contributed by atoms with Crippen molar-refractivity contribution in [3.05, 3.63) is 0 Å². The van der Waals surface area contributed by atoms with Crippen LogP contribution in [0.2, 0.25) is 0 Å². The second-order valence-corrected chi connectivity index (χ2v) is 4.23. The number of nitrogens with one attached hydrogen (secondary N) is 3. The van der Waals surface area contributed by atoms with Crippen LogP contribution in [0.5, 0.6) is 0 Å². The molecule has 0 heterocycles. The summed E-state index contributed by atoms with van der Waals surface area (Å²) in [7, 11) is 0. The van der Waals surface area contributed by atoms with Crippen LogP contribution in [-0.2, 0) is 19.2 Å². The summed E-state index contributed by atoms with van der Waals surface area (Å²) in [5.74, 6) is -1.45. The summed E-state index contributed by atoms with van der Waals surface area (Å²) in [4.78, 5) is 44.4. The molecule has 0 saturated heterocycles. The summed E-state index contributed by atoms with van der Waals surface area (Å²) >= 11 is 0. The highest BCUT2D eigenvalue weighted by Gasteiger charge is 2.17. The average Bonchev–Trinajstić information content (AvgIpc) is 2.35. The molecule has 8 nitrogen and oxygen atoms in total. The van der Waals surface area contributed by atoms with Crippen molar-refractivity contribution in [3.63, 3.8) is 0 Å². The molecule has 0 aliphatic heterocycles. The second kappa shape index (κ2) is 8.20. The van der Waals surface area contributed by atoms with Gasteiger partial charge in [0.1, 0.15) is 12.3 Å². The molecule has 0 fully saturated rings. The molecule has 0 rings (SSSR count). The lowest BCUT2D eigenvalue weighted by molar-refractivity contribution is -0.130. The van der Waals surface area contributed by atoms with Crippen LogP contribution in [0.15, 0.2) is 0 Å². The van der Waals surface area contributed by atoms with E-state index in [1.54, 1.807) is 0 Å². The van der Waals surface area contributed by atoms with Crippen LogP contribution in [0.4, 0.5) is 0 Å². The van der Waals surface area contributed by atoms with E-state index in [-0.39, 0.29) is 6.54 Å². The lowest BCUT2D eigenvalue weighted by atomic mass is 10.2. The molecule has 8 heteroatoms. The van der Waals surface area contributed by atoms with Gasteiger partial charge in [-0.1, -0.05) is 0 Å². The zero-order valence-electron chi connectivity index (χ0n) is 11.2. The number of carbonyl (C=O) groups excluding carboxylic acids is 4. The average molecular weight is 272 g/mol. The highest BCUT2D eigenvalue weighted by molar-refractivity contribution is 5.91. The fourth-order valence-corrected chi connectivity index (χ4v) is 1.07. The van der Waals surface area contributed by atoms with Gasteiger partial charge in [0.25, 0.3) is 0 Å². The maximum atomic E-state index is 11.5. The van der Waals surface area contributed by atoms with E-state index in [1.165, 1.54) is 20.8 Å². The summed E-state index contributed by atoms with van der Waals surface area (Å²) in [6.45, 7) is 4.21. The van der Waals surface area contributed by atoms with Crippen LogP contribution in [0.1, 0.15) is 20.8 Å². The van der Waals surface area contributed by atoms with Gasteiger partial charge in [-0.15, -0.1) is 0 Å². The maximum Gasteiger partial charge on any atom is 0.242 e. The van der Waals surface area contributed by atoms with Gasteiger partial charge in [-0.05, 0) is 20.8 Å². The Bertz CT molecular complexity index is 357. The molecule has 0 aromatic rings. The Hall–Kier alpha value is -1.96. The van der Waals surface area contributed by atoms with Gasteiger partial charge in [-0.25, -0.2) is 0 Å². The summed E-state index contributed by atoms with van der Waals surface area (Å²) in [5.41, 5.74) is 5.30. The van der Waals surface area contributed by atoms with Crippen molar-refractivity contribution < 1.29 is 19.2 Å². The van der Waals surface area contributed by atoms with Crippen LogP contribution < -0.4 is 21.7 Å². The SMILES string of the molecule is C[C@H](N)C(=O)NCC(=O)N[C@@H](C)C(=O)N[C@@H](C)C=O. The van der Waals surface area contributed by atoms with Crippen molar-refractivity contribution >= 4 is 24.0 Å². The molecular weight excluding hydrogens is 252 g/mol. The summed E-state index contributed by atoms with van der Waals surface area (Å²) in [6.07, 6.45) is 0.579. The Kier molecular flexibility index (Phi) is 7.35. The van der Waals surface area contributed by atoms with Gasteiger partial charge in [-0.3, -0.25) is 14.4 Å². The zero-order chi connectivity index (χ0) is 15.0. The van der Waals surface area contributed by atoms with E-state index in [0.717, 1.165) is 0 Å². The number of hydrogen-bond acceptors (Lipinski definition) is 5. The summed E-state index contributed by atoms with van der Waals surface area (Å²) < 4.78 is 0. The third-order valence-electron chi connectivity index (χ3n) is 2.18. The molecule has 5 N–H and O–H groups in total. The molecule has 0 aromatic carbocycles. The minimum atomic E-state index is -0.804. The van der Waals surface area contributed by atoms with E-state index in [4.69, 9.17) is 5.73 Å². The van der Waals surface area contributed by atoms with E-state index in [9.17, 15) is 19.2 Å². The first-order valence-corrected chi connectivity index (χ1v) is 5.86. The van der Waals surface area contributed by atoms with E-state index in [1.807, 2.05) is 0 Å². The fourth-order valence-electron chi connectivity index (χ4n) is 1.07. The van der Waals surface area contributed by atoms with Crippen molar-refractivity contribution in [2.75, 3.05) is 6.54 Å². The number of rotatable bonds is 7. The van der Waals surface area contributed by atoms with E-state index >= 15 is 0 Å². The number of aldehydes is 1. The maximum absolute atomic E-state index is 11.5. The molecule has 108 valence electrons. The minimum Gasteiger partial charge on any atom is -0.346 e. The Morgan fingerprint density at radius 3 is 2.16 bits per heavy atom. The van der Waals surface area contributed by atoms with Crippen molar-refractivity contribution in [2.24, 2.45) is 5.73 Å². The molecule has 0 bridgehead atoms. The van der Waals surface area contributed by atoms with Gasteiger partial charge in [0, 0.05) is 0 Å². The van der Waals surface area contributed by atoms with Gasteiger partial charge in [0.05, 0.1) is 18.6 Å². The standard InChI is InChI=1S/C11H20N4O4/c1-6(5-16)14-11(19)8(3)15-9(17)4-13-10(18)7(2)12/h5-8H,4,12H2,1-3H3,(H,13,18)(H,14,19)(H,15,17)/t6-,7-,8-/m0/s1. The Balaban J connectivity index is 4.08. The minimum absolute atomic E-state index is 0.263. The normalized spacial score (nSPS) is 14.7. The lowest BCUT2D eigenvalue weighted by Gasteiger charge is -2.16. The molecule has 0 aliphatic carbocycles. The Morgan fingerprint density at radius 1 is 1.11 bits per heavy atom. The highest BCUT2D eigenvalue weighted by Crippen LogP contribution is 1.85. The van der Waals surface area contributed by atoms with Gasteiger partial charge in [0.2, 0.25) is 17.7 Å². The number of carbonyl (C=O) groups is 4. The van der Waals surface area contributed by atoms with Crippen LogP contribution in [-0.4, -0.2) is 48.7 Å². The lowest BCUT2D eigenvalue weighted by Crippen LogP contribution is -2.50. The first kappa shape index (κ1) is 17.0. The molecule has 0 aromatic heterocycles. The molecule has 0 unspecified atom stereocenters.